The van der Waals surface area contributed by atoms with Crippen molar-refractivity contribution in [2.75, 3.05) is 0 Å². The van der Waals surface area contributed by atoms with Gasteiger partial charge in [0.1, 0.15) is 19.3 Å². The number of aromatic nitrogens is 3. The Labute approximate surface area is 293 Å². The van der Waals surface area contributed by atoms with Gasteiger partial charge in [0.15, 0.2) is 0 Å². The molecule has 4 atom stereocenters. The topological polar surface area (TPSA) is 165 Å². The number of hydrogen-bond acceptors (Lipinski definition) is 9. The van der Waals surface area contributed by atoms with Crippen molar-refractivity contribution in [3.8, 4) is 0 Å². The summed E-state index contributed by atoms with van der Waals surface area (Å²) in [5.74, 6) is -0.715. The molecule has 4 aromatic rings. The van der Waals surface area contributed by atoms with Gasteiger partial charge in [-0.25, -0.2) is 9.59 Å². The van der Waals surface area contributed by atoms with Gasteiger partial charge in [0.05, 0.1) is 35.4 Å². The molecule has 0 aliphatic carbocycles. The van der Waals surface area contributed by atoms with E-state index in [0.29, 0.717) is 18.5 Å². The van der Waals surface area contributed by atoms with Gasteiger partial charge in [-0.05, 0) is 56.2 Å². The maximum Gasteiger partial charge on any atom is 0.408 e. The van der Waals surface area contributed by atoms with Gasteiger partial charge in [0.25, 0.3) is 0 Å². The predicted molar refractivity (Wildman–Crippen MR) is 188 cm³/mol. The molecule has 0 saturated heterocycles. The van der Waals surface area contributed by atoms with Crippen LogP contribution in [0.4, 0.5) is 9.59 Å². The number of ether oxygens (including phenoxy) is 2. The SMILES string of the molecule is Cc1ncc(COC(=O)NC(C(=O)N[C@@H](Cc2ccccc2)C[C@H](O)[C@H](Cc2ccccc2)NC(=O)OCc2cccnc2)C(C)C)nc1C. The van der Waals surface area contributed by atoms with Crippen LogP contribution < -0.4 is 16.0 Å². The minimum atomic E-state index is -1.08. The maximum absolute atomic E-state index is 13.7. The largest absolute Gasteiger partial charge is 0.445 e. The Bertz CT molecular complexity index is 1660. The highest BCUT2D eigenvalue weighted by molar-refractivity contribution is 5.86. The number of carbonyl (C=O) groups excluding carboxylic acids is 3. The summed E-state index contributed by atoms with van der Waals surface area (Å²) in [4.78, 5) is 52.1. The number of hydrogen-bond donors (Lipinski definition) is 4. The number of aryl methyl sites for hydroxylation is 2. The van der Waals surface area contributed by atoms with Crippen molar-refractivity contribution in [1.82, 2.24) is 30.9 Å². The Morgan fingerprint density at radius 1 is 0.740 bits per heavy atom. The Balaban J connectivity index is 1.45. The summed E-state index contributed by atoms with van der Waals surface area (Å²) < 4.78 is 10.8. The molecule has 4 rings (SSSR count). The van der Waals surface area contributed by atoms with Crippen molar-refractivity contribution in [1.29, 1.82) is 0 Å². The third-order valence-electron chi connectivity index (χ3n) is 8.17. The van der Waals surface area contributed by atoms with Gasteiger partial charge in [-0.3, -0.25) is 19.7 Å². The van der Waals surface area contributed by atoms with Crippen molar-refractivity contribution in [3.63, 3.8) is 0 Å². The zero-order chi connectivity index (χ0) is 35.9. The van der Waals surface area contributed by atoms with E-state index < -0.39 is 42.3 Å². The second-order valence-corrected chi connectivity index (χ2v) is 12.6. The van der Waals surface area contributed by atoms with Crippen LogP contribution in [0, 0.1) is 19.8 Å². The summed E-state index contributed by atoms with van der Waals surface area (Å²) in [7, 11) is 0. The summed E-state index contributed by atoms with van der Waals surface area (Å²) in [5.41, 5.74) is 4.58. The molecule has 3 amide bonds. The number of pyridine rings is 1. The van der Waals surface area contributed by atoms with Gasteiger partial charge in [-0.1, -0.05) is 80.6 Å². The molecule has 2 aromatic carbocycles. The average Bonchev–Trinajstić information content (AvgIpc) is 3.11. The molecule has 1 unspecified atom stereocenters. The molecule has 0 aliphatic heterocycles. The van der Waals surface area contributed by atoms with Crippen LogP contribution in [0.2, 0.25) is 0 Å². The molecule has 50 heavy (non-hydrogen) atoms. The van der Waals surface area contributed by atoms with E-state index in [1.165, 1.54) is 0 Å². The highest BCUT2D eigenvalue weighted by Gasteiger charge is 2.30. The Hall–Kier alpha value is -5.36. The molecular weight excluding hydrogens is 636 g/mol. The summed E-state index contributed by atoms with van der Waals surface area (Å²) in [6.07, 6.45) is 3.07. The summed E-state index contributed by atoms with van der Waals surface area (Å²) in [6.45, 7) is 7.22. The molecule has 0 bridgehead atoms. The molecule has 12 heteroatoms. The van der Waals surface area contributed by atoms with E-state index in [2.05, 4.69) is 30.9 Å². The van der Waals surface area contributed by atoms with Crippen molar-refractivity contribution < 1.29 is 29.0 Å². The van der Waals surface area contributed by atoms with Gasteiger partial charge in [0, 0.05) is 24.0 Å². The fraction of sp³-hybridized carbons (Fsp3) is 0.368. The Kier molecular flexibility index (Phi) is 14.2. The van der Waals surface area contributed by atoms with Crippen LogP contribution in [-0.2, 0) is 40.3 Å². The number of aliphatic hydroxyl groups excluding tert-OH is 1. The number of rotatable bonds is 16. The highest BCUT2D eigenvalue weighted by atomic mass is 16.6. The summed E-state index contributed by atoms with van der Waals surface area (Å²) in [5, 5.41) is 20.2. The molecule has 0 saturated carbocycles. The third-order valence-corrected chi connectivity index (χ3v) is 8.17. The van der Waals surface area contributed by atoms with E-state index in [4.69, 9.17) is 9.47 Å². The smallest absolute Gasteiger partial charge is 0.408 e. The van der Waals surface area contributed by atoms with Crippen molar-refractivity contribution in [3.05, 3.63) is 125 Å². The minimum Gasteiger partial charge on any atom is -0.445 e. The van der Waals surface area contributed by atoms with E-state index in [1.54, 1.807) is 30.7 Å². The van der Waals surface area contributed by atoms with Crippen LogP contribution in [0.15, 0.2) is 91.4 Å². The maximum atomic E-state index is 13.7. The zero-order valence-corrected chi connectivity index (χ0v) is 28.9. The van der Waals surface area contributed by atoms with Gasteiger partial charge >= 0.3 is 12.2 Å². The lowest BCUT2D eigenvalue weighted by molar-refractivity contribution is -0.125. The van der Waals surface area contributed by atoms with E-state index in [9.17, 15) is 19.5 Å². The minimum absolute atomic E-state index is 0.0185. The lowest BCUT2D eigenvalue weighted by atomic mass is 9.93. The molecule has 12 nitrogen and oxygen atoms in total. The van der Waals surface area contributed by atoms with E-state index in [-0.39, 0.29) is 25.6 Å². The van der Waals surface area contributed by atoms with Crippen molar-refractivity contribution in [2.45, 2.75) is 84.4 Å². The van der Waals surface area contributed by atoms with Crippen molar-refractivity contribution >= 4 is 18.1 Å². The molecule has 0 fully saturated rings. The second-order valence-electron chi connectivity index (χ2n) is 12.6. The van der Waals surface area contributed by atoms with E-state index in [1.807, 2.05) is 88.4 Å². The highest BCUT2D eigenvalue weighted by Crippen LogP contribution is 2.16. The first-order valence-electron chi connectivity index (χ1n) is 16.7. The van der Waals surface area contributed by atoms with Gasteiger partial charge in [-0.15, -0.1) is 0 Å². The van der Waals surface area contributed by atoms with Gasteiger partial charge in [-0.2, -0.15) is 0 Å². The Morgan fingerprint density at radius 3 is 1.98 bits per heavy atom. The first-order chi connectivity index (χ1) is 24.1. The summed E-state index contributed by atoms with van der Waals surface area (Å²) >= 11 is 0. The normalized spacial score (nSPS) is 13.4. The number of nitrogens with zero attached hydrogens (tertiary/aromatic N) is 3. The quantitative estimate of drug-likeness (QED) is 0.131. The van der Waals surface area contributed by atoms with E-state index >= 15 is 0 Å². The van der Waals surface area contributed by atoms with Gasteiger partial charge < -0.3 is 30.5 Å². The monoisotopic (exact) mass is 682 g/mol. The number of amides is 3. The molecule has 0 spiro atoms. The van der Waals surface area contributed by atoms with Gasteiger partial charge in [0.2, 0.25) is 5.91 Å². The third kappa shape index (κ3) is 12.3. The first kappa shape index (κ1) is 37.5. The zero-order valence-electron chi connectivity index (χ0n) is 28.9. The molecule has 2 heterocycles. The lowest BCUT2D eigenvalue weighted by Gasteiger charge is -2.30. The Morgan fingerprint density at radius 2 is 1.36 bits per heavy atom. The first-order valence-corrected chi connectivity index (χ1v) is 16.7. The average molecular weight is 683 g/mol. The molecule has 2 aromatic heterocycles. The van der Waals surface area contributed by atoms with Crippen LogP contribution in [0.5, 0.6) is 0 Å². The lowest BCUT2D eigenvalue weighted by Crippen LogP contribution is -2.54. The van der Waals surface area contributed by atoms with Crippen LogP contribution >= 0.6 is 0 Å². The number of nitrogens with one attached hydrogen (secondary N) is 3. The van der Waals surface area contributed by atoms with Crippen LogP contribution in [0.25, 0.3) is 0 Å². The summed E-state index contributed by atoms with van der Waals surface area (Å²) in [6, 6.07) is 20.4. The van der Waals surface area contributed by atoms with Crippen LogP contribution in [0.3, 0.4) is 0 Å². The van der Waals surface area contributed by atoms with Crippen LogP contribution in [-0.4, -0.2) is 62.4 Å². The number of benzene rings is 2. The predicted octanol–water partition coefficient (Wildman–Crippen LogP) is 4.76. The standard InChI is InChI=1S/C38H46N6O6/c1-25(2)35(44-38(48)50-24-32-22-40-26(3)27(4)41-32)36(46)42-31(18-28-12-7-5-8-13-28)20-34(45)33(19-29-14-9-6-10-15-29)43-37(47)49-23-30-16-11-17-39-21-30/h5-17,21-22,25,31,33-35,45H,18-20,23-24H2,1-4H3,(H,42,46)(H,43,47)(H,44,48)/t31-,33-,34-,35?/m0/s1. The molecule has 264 valence electrons. The molecule has 0 aliphatic rings. The number of aliphatic hydroxyl groups is 1. The fourth-order valence-electron chi connectivity index (χ4n) is 5.32. The fourth-order valence-corrected chi connectivity index (χ4v) is 5.32. The molecule has 0 radical (unpaired) electrons. The van der Waals surface area contributed by atoms with Crippen molar-refractivity contribution in [2.24, 2.45) is 5.92 Å². The van der Waals surface area contributed by atoms with Crippen LogP contribution in [0.1, 0.15) is 54.0 Å². The number of alkyl carbamates (subject to hydrolysis) is 2. The molecule has 4 N–H and O–H groups in total. The van der Waals surface area contributed by atoms with E-state index in [0.717, 1.165) is 28.1 Å². The molecular formula is C38H46N6O6. The second kappa shape index (κ2) is 19.0. The number of carbonyl (C=O) groups is 3.